The van der Waals surface area contributed by atoms with Crippen molar-refractivity contribution in [2.45, 2.75) is 19.9 Å². The van der Waals surface area contributed by atoms with E-state index >= 15 is 0 Å². The van der Waals surface area contributed by atoms with E-state index < -0.39 is 0 Å². The highest BCUT2D eigenvalue weighted by molar-refractivity contribution is 6.33. The quantitative estimate of drug-likeness (QED) is 0.849. The lowest BCUT2D eigenvalue weighted by Gasteiger charge is -2.32. The largest absolute Gasteiger partial charge is 0.336 e. The Morgan fingerprint density at radius 3 is 2.94 bits per heavy atom. The van der Waals surface area contributed by atoms with E-state index in [1.807, 2.05) is 6.92 Å². The van der Waals surface area contributed by atoms with E-state index in [1.165, 1.54) is 12.1 Å². The summed E-state index contributed by atoms with van der Waals surface area (Å²) in [5.41, 5.74) is 0.815. The second-order valence-corrected chi connectivity index (χ2v) is 5.09. The molecule has 1 amide bonds. The molecule has 3 nitrogen and oxygen atoms in total. The fourth-order valence-corrected chi connectivity index (χ4v) is 2.34. The van der Waals surface area contributed by atoms with E-state index in [9.17, 15) is 9.18 Å². The molecule has 5 heteroatoms. The number of carbonyl (C=O) groups excluding carboxylic acids is 1. The van der Waals surface area contributed by atoms with Gasteiger partial charge in [0.15, 0.2) is 0 Å². The van der Waals surface area contributed by atoms with Gasteiger partial charge in [-0.3, -0.25) is 4.79 Å². The Morgan fingerprint density at radius 1 is 1.56 bits per heavy atom. The van der Waals surface area contributed by atoms with Gasteiger partial charge in [0, 0.05) is 25.7 Å². The van der Waals surface area contributed by atoms with Crippen LogP contribution in [0.25, 0.3) is 0 Å². The number of nitrogens with zero attached hydrogens (tertiary/aromatic N) is 1. The second-order valence-electron chi connectivity index (χ2n) is 4.69. The van der Waals surface area contributed by atoms with Gasteiger partial charge in [-0.15, -0.1) is 0 Å². The summed E-state index contributed by atoms with van der Waals surface area (Å²) in [6.07, 6.45) is 0. The molecular formula is C13H16ClFN2O. The molecule has 1 heterocycles. The average Bonchev–Trinajstić information content (AvgIpc) is 2.33. The summed E-state index contributed by atoms with van der Waals surface area (Å²) >= 11 is 5.95. The molecule has 1 N–H and O–H groups in total. The van der Waals surface area contributed by atoms with Crippen molar-refractivity contribution in [2.24, 2.45) is 0 Å². The topological polar surface area (TPSA) is 32.3 Å². The molecule has 1 atom stereocenters. The molecule has 1 unspecified atom stereocenters. The summed E-state index contributed by atoms with van der Waals surface area (Å²) in [4.78, 5) is 14.1. The SMILES string of the molecule is Cc1cc(C(=O)N2CCNC(C)C2)c(Cl)cc1F. The molecule has 0 spiro atoms. The van der Waals surface area contributed by atoms with Crippen LogP contribution in [0.15, 0.2) is 12.1 Å². The number of nitrogens with one attached hydrogen (secondary N) is 1. The third kappa shape index (κ3) is 2.65. The maximum absolute atomic E-state index is 13.3. The lowest BCUT2D eigenvalue weighted by Crippen LogP contribution is -2.51. The minimum atomic E-state index is -0.384. The fraction of sp³-hybridized carbons (Fsp3) is 0.462. The highest BCUT2D eigenvalue weighted by Crippen LogP contribution is 2.22. The lowest BCUT2D eigenvalue weighted by atomic mass is 10.1. The molecule has 0 aromatic heterocycles. The van der Waals surface area contributed by atoms with Gasteiger partial charge in [0.25, 0.3) is 5.91 Å². The molecule has 0 radical (unpaired) electrons. The lowest BCUT2D eigenvalue weighted by molar-refractivity contribution is 0.0709. The zero-order valence-electron chi connectivity index (χ0n) is 10.5. The van der Waals surface area contributed by atoms with Crippen LogP contribution in [0, 0.1) is 12.7 Å². The highest BCUT2D eigenvalue weighted by atomic mass is 35.5. The van der Waals surface area contributed by atoms with Crippen LogP contribution in [0.4, 0.5) is 4.39 Å². The maximum Gasteiger partial charge on any atom is 0.255 e. The van der Waals surface area contributed by atoms with Crippen LogP contribution in [0.2, 0.25) is 5.02 Å². The van der Waals surface area contributed by atoms with Crippen molar-refractivity contribution < 1.29 is 9.18 Å². The monoisotopic (exact) mass is 270 g/mol. The zero-order chi connectivity index (χ0) is 13.3. The normalized spacial score (nSPS) is 20.0. The first-order chi connectivity index (χ1) is 8.49. The van der Waals surface area contributed by atoms with Crippen LogP contribution < -0.4 is 5.32 Å². The Morgan fingerprint density at radius 2 is 2.28 bits per heavy atom. The van der Waals surface area contributed by atoms with Gasteiger partial charge in [-0.1, -0.05) is 11.6 Å². The van der Waals surface area contributed by atoms with E-state index in [0.717, 1.165) is 6.54 Å². The first-order valence-corrected chi connectivity index (χ1v) is 6.35. The van der Waals surface area contributed by atoms with Crippen molar-refractivity contribution in [1.82, 2.24) is 10.2 Å². The molecule has 0 aliphatic carbocycles. The molecule has 1 aliphatic rings. The molecule has 1 saturated heterocycles. The summed E-state index contributed by atoms with van der Waals surface area (Å²) in [5, 5.41) is 3.44. The molecule has 1 fully saturated rings. The smallest absolute Gasteiger partial charge is 0.255 e. The van der Waals surface area contributed by atoms with Gasteiger partial charge in [-0.25, -0.2) is 4.39 Å². The van der Waals surface area contributed by atoms with Gasteiger partial charge >= 0.3 is 0 Å². The molecule has 0 bridgehead atoms. The molecular weight excluding hydrogens is 255 g/mol. The number of benzene rings is 1. The van der Waals surface area contributed by atoms with Crippen LogP contribution in [-0.4, -0.2) is 36.5 Å². The van der Waals surface area contributed by atoms with E-state index in [4.69, 9.17) is 11.6 Å². The van der Waals surface area contributed by atoms with Gasteiger partial charge in [0.05, 0.1) is 10.6 Å². The number of amides is 1. The van der Waals surface area contributed by atoms with E-state index in [-0.39, 0.29) is 22.8 Å². The van der Waals surface area contributed by atoms with E-state index in [0.29, 0.717) is 24.2 Å². The van der Waals surface area contributed by atoms with Crippen molar-refractivity contribution in [2.75, 3.05) is 19.6 Å². The summed E-state index contributed by atoms with van der Waals surface area (Å²) in [6.45, 7) is 5.71. The summed E-state index contributed by atoms with van der Waals surface area (Å²) in [7, 11) is 0. The number of halogens is 2. The van der Waals surface area contributed by atoms with Crippen LogP contribution in [0.3, 0.4) is 0 Å². The predicted molar refractivity (Wildman–Crippen MR) is 69.5 cm³/mol. The molecule has 1 aromatic carbocycles. The first-order valence-electron chi connectivity index (χ1n) is 5.97. The maximum atomic E-state index is 13.3. The van der Waals surface area contributed by atoms with E-state index in [2.05, 4.69) is 5.32 Å². The molecule has 2 rings (SSSR count). The second kappa shape index (κ2) is 5.24. The molecule has 98 valence electrons. The van der Waals surface area contributed by atoms with Crippen molar-refractivity contribution in [1.29, 1.82) is 0 Å². The van der Waals surface area contributed by atoms with Gasteiger partial charge in [-0.05, 0) is 31.5 Å². The van der Waals surface area contributed by atoms with Crippen LogP contribution >= 0.6 is 11.6 Å². The van der Waals surface area contributed by atoms with Crippen molar-refractivity contribution in [3.05, 3.63) is 34.1 Å². The number of hydrogen-bond donors (Lipinski definition) is 1. The molecule has 1 aromatic rings. The van der Waals surface area contributed by atoms with Crippen molar-refractivity contribution in [3.8, 4) is 0 Å². The third-order valence-electron chi connectivity index (χ3n) is 3.13. The Bertz CT molecular complexity index is 478. The Labute approximate surface area is 111 Å². The Balaban J connectivity index is 2.25. The fourth-order valence-electron chi connectivity index (χ4n) is 2.11. The number of hydrogen-bond acceptors (Lipinski definition) is 2. The van der Waals surface area contributed by atoms with Crippen LogP contribution in [0.1, 0.15) is 22.8 Å². The van der Waals surface area contributed by atoms with Crippen molar-refractivity contribution in [3.63, 3.8) is 0 Å². The Kier molecular flexibility index (Phi) is 3.88. The van der Waals surface area contributed by atoms with Crippen LogP contribution in [-0.2, 0) is 0 Å². The summed E-state index contributed by atoms with van der Waals surface area (Å²) in [5.74, 6) is -0.512. The highest BCUT2D eigenvalue weighted by Gasteiger charge is 2.23. The number of rotatable bonds is 1. The number of aryl methyl sites for hydroxylation is 1. The predicted octanol–water partition coefficient (Wildman–Crippen LogP) is 2.22. The first kappa shape index (κ1) is 13.3. The number of piperazine rings is 1. The minimum absolute atomic E-state index is 0.128. The minimum Gasteiger partial charge on any atom is -0.336 e. The molecule has 0 saturated carbocycles. The Hall–Kier alpha value is -1.13. The average molecular weight is 271 g/mol. The summed E-state index contributed by atoms with van der Waals surface area (Å²) in [6, 6.07) is 2.99. The van der Waals surface area contributed by atoms with Gasteiger partial charge < -0.3 is 10.2 Å². The standard InChI is InChI=1S/C13H16ClFN2O/c1-8-5-10(11(14)6-12(8)15)13(18)17-4-3-16-9(2)7-17/h5-6,9,16H,3-4,7H2,1-2H3. The van der Waals surface area contributed by atoms with Crippen LogP contribution in [0.5, 0.6) is 0 Å². The van der Waals surface area contributed by atoms with E-state index in [1.54, 1.807) is 11.8 Å². The van der Waals surface area contributed by atoms with Gasteiger partial charge in [-0.2, -0.15) is 0 Å². The van der Waals surface area contributed by atoms with Crippen molar-refractivity contribution >= 4 is 17.5 Å². The van der Waals surface area contributed by atoms with Gasteiger partial charge in [0.2, 0.25) is 0 Å². The number of carbonyl (C=O) groups is 1. The third-order valence-corrected chi connectivity index (χ3v) is 3.45. The summed E-state index contributed by atoms with van der Waals surface area (Å²) < 4.78 is 13.3. The van der Waals surface area contributed by atoms with Gasteiger partial charge in [0.1, 0.15) is 5.82 Å². The molecule has 18 heavy (non-hydrogen) atoms. The molecule has 1 aliphatic heterocycles. The zero-order valence-corrected chi connectivity index (χ0v) is 11.2.